The van der Waals surface area contributed by atoms with Gasteiger partial charge in [-0.3, -0.25) is 0 Å². The number of hydrogen-bond acceptors (Lipinski definition) is 0. The molecule has 0 spiro atoms. The third-order valence-corrected chi connectivity index (χ3v) is 6.84. The highest BCUT2D eigenvalue weighted by Crippen LogP contribution is 2.47. The Kier molecular flexibility index (Phi) is 5.94. The smallest absolute Gasteiger partial charge is 0.159 e. The molecular formula is C22H32F2. The zero-order valence-electron chi connectivity index (χ0n) is 15.2. The Bertz CT molecular complexity index is 531. The first kappa shape index (κ1) is 17.9. The molecule has 2 fully saturated rings. The fraction of sp³-hybridized carbons (Fsp3) is 0.727. The summed E-state index contributed by atoms with van der Waals surface area (Å²) in [4.78, 5) is 0. The molecule has 24 heavy (non-hydrogen) atoms. The summed E-state index contributed by atoms with van der Waals surface area (Å²) >= 11 is 0. The van der Waals surface area contributed by atoms with E-state index in [-0.39, 0.29) is 0 Å². The van der Waals surface area contributed by atoms with Gasteiger partial charge in [-0.25, -0.2) is 8.78 Å². The standard InChI is InChI=1S/C22H32F2/c1-3-4-16-5-7-17(8-6-16)18-9-11-20(15(2)13-18)19-10-12-21(23)22(24)14-19/h10,12,14-18,20H,3-9,11,13H2,1-2H3. The van der Waals surface area contributed by atoms with Crippen LogP contribution in [0.2, 0.25) is 0 Å². The van der Waals surface area contributed by atoms with Gasteiger partial charge in [0.25, 0.3) is 0 Å². The van der Waals surface area contributed by atoms with Crippen molar-refractivity contribution in [2.75, 3.05) is 0 Å². The van der Waals surface area contributed by atoms with Crippen LogP contribution < -0.4 is 0 Å². The van der Waals surface area contributed by atoms with Crippen molar-refractivity contribution in [2.45, 2.75) is 77.6 Å². The molecular weight excluding hydrogens is 302 g/mol. The summed E-state index contributed by atoms with van der Waals surface area (Å²) in [5, 5.41) is 0. The van der Waals surface area contributed by atoms with E-state index in [0.717, 1.165) is 29.7 Å². The molecule has 3 atom stereocenters. The van der Waals surface area contributed by atoms with Gasteiger partial charge in [0.15, 0.2) is 11.6 Å². The third-order valence-electron chi connectivity index (χ3n) is 6.84. The fourth-order valence-electron chi connectivity index (χ4n) is 5.46. The Labute approximate surface area is 146 Å². The molecule has 0 aromatic heterocycles. The van der Waals surface area contributed by atoms with Crippen LogP contribution in [0.3, 0.4) is 0 Å². The minimum atomic E-state index is -0.732. The van der Waals surface area contributed by atoms with Crippen molar-refractivity contribution < 1.29 is 8.78 Å². The number of hydrogen-bond donors (Lipinski definition) is 0. The second-order valence-electron chi connectivity index (χ2n) is 8.40. The van der Waals surface area contributed by atoms with Crippen molar-refractivity contribution in [3.63, 3.8) is 0 Å². The average molecular weight is 334 g/mol. The molecule has 2 saturated carbocycles. The Hall–Kier alpha value is -0.920. The van der Waals surface area contributed by atoms with Crippen LogP contribution in [0.15, 0.2) is 18.2 Å². The van der Waals surface area contributed by atoms with E-state index in [9.17, 15) is 8.78 Å². The average Bonchev–Trinajstić information content (AvgIpc) is 2.58. The molecule has 2 heteroatoms. The number of halogens is 2. The van der Waals surface area contributed by atoms with Crippen molar-refractivity contribution in [1.82, 2.24) is 0 Å². The summed E-state index contributed by atoms with van der Waals surface area (Å²) in [6, 6.07) is 4.50. The van der Waals surface area contributed by atoms with Gasteiger partial charge >= 0.3 is 0 Å². The Balaban J connectivity index is 1.56. The first-order valence-corrected chi connectivity index (χ1v) is 10.0. The van der Waals surface area contributed by atoms with E-state index in [1.165, 1.54) is 63.5 Å². The van der Waals surface area contributed by atoms with Crippen LogP contribution in [0.4, 0.5) is 8.78 Å². The molecule has 0 nitrogen and oxygen atoms in total. The van der Waals surface area contributed by atoms with Crippen LogP contribution in [0.25, 0.3) is 0 Å². The predicted molar refractivity (Wildman–Crippen MR) is 96.0 cm³/mol. The van der Waals surface area contributed by atoms with Gasteiger partial charge in [0.2, 0.25) is 0 Å². The van der Waals surface area contributed by atoms with E-state index < -0.39 is 11.6 Å². The first-order chi connectivity index (χ1) is 11.6. The van der Waals surface area contributed by atoms with Gasteiger partial charge in [-0.05, 0) is 79.4 Å². The predicted octanol–water partition coefficient (Wildman–Crippen LogP) is 7.09. The van der Waals surface area contributed by atoms with Crippen LogP contribution in [0.1, 0.15) is 83.1 Å². The van der Waals surface area contributed by atoms with Gasteiger partial charge in [-0.2, -0.15) is 0 Å². The minimum Gasteiger partial charge on any atom is -0.204 e. The molecule has 0 saturated heterocycles. The number of rotatable bonds is 4. The highest BCUT2D eigenvalue weighted by Gasteiger charge is 2.34. The highest BCUT2D eigenvalue weighted by molar-refractivity contribution is 5.23. The Morgan fingerprint density at radius 3 is 2.25 bits per heavy atom. The van der Waals surface area contributed by atoms with Gasteiger partial charge in [0.1, 0.15) is 0 Å². The summed E-state index contributed by atoms with van der Waals surface area (Å²) in [5.74, 6) is 2.27. The van der Waals surface area contributed by atoms with Crippen molar-refractivity contribution in [2.24, 2.45) is 23.7 Å². The molecule has 0 bridgehead atoms. The van der Waals surface area contributed by atoms with E-state index in [2.05, 4.69) is 13.8 Å². The van der Waals surface area contributed by atoms with Gasteiger partial charge in [0, 0.05) is 0 Å². The van der Waals surface area contributed by atoms with Crippen LogP contribution in [-0.2, 0) is 0 Å². The normalized spacial score (nSPS) is 34.2. The zero-order chi connectivity index (χ0) is 17.1. The fourth-order valence-corrected chi connectivity index (χ4v) is 5.46. The Morgan fingerprint density at radius 2 is 1.62 bits per heavy atom. The summed E-state index contributed by atoms with van der Waals surface area (Å²) in [7, 11) is 0. The lowest BCUT2D eigenvalue weighted by Gasteiger charge is -2.41. The van der Waals surface area contributed by atoms with E-state index >= 15 is 0 Å². The summed E-state index contributed by atoms with van der Waals surface area (Å²) in [5.41, 5.74) is 0.992. The molecule has 2 aliphatic carbocycles. The van der Waals surface area contributed by atoms with Crippen molar-refractivity contribution in [1.29, 1.82) is 0 Å². The lowest BCUT2D eigenvalue weighted by Crippen LogP contribution is -2.29. The first-order valence-electron chi connectivity index (χ1n) is 10.0. The van der Waals surface area contributed by atoms with Gasteiger partial charge in [0.05, 0.1) is 0 Å². The topological polar surface area (TPSA) is 0 Å². The van der Waals surface area contributed by atoms with Crippen LogP contribution >= 0.6 is 0 Å². The largest absolute Gasteiger partial charge is 0.204 e. The molecule has 3 unspecified atom stereocenters. The number of benzene rings is 1. The second kappa shape index (κ2) is 7.97. The molecule has 0 N–H and O–H groups in total. The van der Waals surface area contributed by atoms with E-state index in [1.807, 2.05) is 0 Å². The van der Waals surface area contributed by atoms with E-state index in [4.69, 9.17) is 0 Å². The lowest BCUT2D eigenvalue weighted by atomic mass is 9.65. The van der Waals surface area contributed by atoms with Gasteiger partial charge in [-0.1, -0.05) is 45.6 Å². The molecule has 1 aromatic carbocycles. The molecule has 0 radical (unpaired) electrons. The zero-order valence-corrected chi connectivity index (χ0v) is 15.2. The molecule has 0 aliphatic heterocycles. The monoisotopic (exact) mass is 334 g/mol. The second-order valence-corrected chi connectivity index (χ2v) is 8.40. The molecule has 134 valence electrons. The molecule has 0 heterocycles. The van der Waals surface area contributed by atoms with Crippen molar-refractivity contribution in [3.05, 3.63) is 35.4 Å². The molecule has 0 amide bonds. The molecule has 3 rings (SSSR count). The maximum absolute atomic E-state index is 13.6. The summed E-state index contributed by atoms with van der Waals surface area (Å²) in [6.45, 7) is 4.61. The highest BCUT2D eigenvalue weighted by atomic mass is 19.2. The van der Waals surface area contributed by atoms with Crippen molar-refractivity contribution in [3.8, 4) is 0 Å². The van der Waals surface area contributed by atoms with Crippen LogP contribution in [-0.4, -0.2) is 0 Å². The molecule has 2 aliphatic rings. The van der Waals surface area contributed by atoms with Gasteiger partial charge in [-0.15, -0.1) is 0 Å². The summed E-state index contributed by atoms with van der Waals surface area (Å²) in [6.07, 6.45) is 12.1. The quantitative estimate of drug-likeness (QED) is 0.551. The van der Waals surface area contributed by atoms with Crippen molar-refractivity contribution >= 4 is 0 Å². The SMILES string of the molecule is CCCC1CCC(C2CCC(c3ccc(F)c(F)c3)C(C)C2)CC1. The van der Waals surface area contributed by atoms with Crippen LogP contribution in [0, 0.1) is 35.3 Å². The summed E-state index contributed by atoms with van der Waals surface area (Å²) < 4.78 is 26.7. The van der Waals surface area contributed by atoms with Gasteiger partial charge < -0.3 is 0 Å². The maximum atomic E-state index is 13.6. The lowest BCUT2D eigenvalue weighted by molar-refractivity contribution is 0.130. The third kappa shape index (κ3) is 4.00. The van der Waals surface area contributed by atoms with E-state index in [1.54, 1.807) is 6.07 Å². The Morgan fingerprint density at radius 1 is 0.917 bits per heavy atom. The van der Waals surface area contributed by atoms with E-state index in [0.29, 0.717) is 11.8 Å². The molecule has 1 aromatic rings. The maximum Gasteiger partial charge on any atom is 0.159 e. The van der Waals surface area contributed by atoms with Crippen LogP contribution in [0.5, 0.6) is 0 Å². The minimum absolute atomic E-state index is 0.396.